The number of aliphatic imine (C=N–C) groups is 1. The molecular weight excluding hydrogens is 291 g/mol. The molecule has 23 heavy (non-hydrogen) atoms. The first-order valence-electron chi connectivity index (χ1n) is 7.28. The fourth-order valence-electron chi connectivity index (χ4n) is 2.25. The minimum atomic E-state index is -0.391. The monoisotopic (exact) mass is 310 g/mol. The van der Waals surface area contributed by atoms with E-state index in [0.717, 1.165) is 0 Å². The van der Waals surface area contributed by atoms with Crippen LogP contribution >= 0.6 is 0 Å². The van der Waals surface area contributed by atoms with Gasteiger partial charge in [-0.3, -0.25) is 4.99 Å². The Labute approximate surface area is 135 Å². The van der Waals surface area contributed by atoms with Gasteiger partial charge in [-0.1, -0.05) is 36.4 Å². The molecule has 5 heteroatoms. The van der Waals surface area contributed by atoms with Crippen molar-refractivity contribution in [2.75, 3.05) is 14.1 Å². The summed E-state index contributed by atoms with van der Waals surface area (Å²) in [4.78, 5) is 6.19. The van der Waals surface area contributed by atoms with Gasteiger partial charge in [-0.15, -0.1) is 0 Å². The van der Waals surface area contributed by atoms with Crippen LogP contribution in [0.25, 0.3) is 0 Å². The number of hydrogen-bond acceptors (Lipinski definition) is 2. The average Bonchev–Trinajstić information content (AvgIpc) is 2.57. The van der Waals surface area contributed by atoms with Gasteiger partial charge in [-0.2, -0.15) is 5.26 Å². The Morgan fingerprint density at radius 3 is 2.61 bits per heavy atom. The fourth-order valence-corrected chi connectivity index (χ4v) is 2.25. The Morgan fingerprint density at radius 2 is 2.00 bits per heavy atom. The number of nitrogens with one attached hydrogen (secondary N) is 1. The lowest BCUT2D eigenvalue weighted by molar-refractivity contribution is 0.475. The molecule has 0 atom stereocenters. The van der Waals surface area contributed by atoms with E-state index in [4.69, 9.17) is 5.26 Å². The summed E-state index contributed by atoms with van der Waals surface area (Å²) < 4.78 is 13.9. The second kappa shape index (κ2) is 7.95. The number of nitrogens with zero attached hydrogens (tertiary/aromatic N) is 3. The van der Waals surface area contributed by atoms with E-state index in [0.29, 0.717) is 30.2 Å². The van der Waals surface area contributed by atoms with Gasteiger partial charge in [0.15, 0.2) is 5.96 Å². The third-order valence-electron chi connectivity index (χ3n) is 3.46. The summed E-state index contributed by atoms with van der Waals surface area (Å²) >= 11 is 0. The molecule has 0 bridgehead atoms. The Bertz CT molecular complexity index is 720. The smallest absolute Gasteiger partial charge is 0.193 e. The first-order valence-corrected chi connectivity index (χ1v) is 7.28. The second-order valence-corrected chi connectivity index (χ2v) is 5.16. The first kappa shape index (κ1) is 16.5. The zero-order valence-corrected chi connectivity index (χ0v) is 13.3. The van der Waals surface area contributed by atoms with Gasteiger partial charge >= 0.3 is 0 Å². The number of guanidine groups is 1. The summed E-state index contributed by atoms with van der Waals surface area (Å²) in [5, 5.41) is 11.9. The van der Waals surface area contributed by atoms with Crippen LogP contribution in [-0.4, -0.2) is 25.0 Å². The predicted molar refractivity (Wildman–Crippen MR) is 89.2 cm³/mol. The van der Waals surface area contributed by atoms with Gasteiger partial charge in [0.05, 0.1) is 11.6 Å². The van der Waals surface area contributed by atoms with Crippen LogP contribution in [0.5, 0.6) is 0 Å². The second-order valence-electron chi connectivity index (χ2n) is 5.16. The molecule has 0 spiro atoms. The van der Waals surface area contributed by atoms with E-state index in [2.05, 4.69) is 10.3 Å². The van der Waals surface area contributed by atoms with Crippen molar-refractivity contribution in [3.8, 4) is 6.07 Å². The molecule has 0 aromatic heterocycles. The molecule has 0 unspecified atom stereocenters. The van der Waals surface area contributed by atoms with Crippen molar-refractivity contribution in [1.82, 2.24) is 10.2 Å². The normalized spacial score (nSPS) is 11.0. The zero-order valence-electron chi connectivity index (χ0n) is 13.3. The van der Waals surface area contributed by atoms with Crippen LogP contribution in [0.4, 0.5) is 4.39 Å². The van der Waals surface area contributed by atoms with E-state index in [9.17, 15) is 4.39 Å². The van der Waals surface area contributed by atoms with Gasteiger partial charge in [0.1, 0.15) is 5.82 Å². The Kier molecular flexibility index (Phi) is 5.70. The number of rotatable bonds is 4. The van der Waals surface area contributed by atoms with Crippen LogP contribution < -0.4 is 5.32 Å². The van der Waals surface area contributed by atoms with Crippen molar-refractivity contribution in [3.05, 3.63) is 71.0 Å². The van der Waals surface area contributed by atoms with Crippen molar-refractivity contribution >= 4 is 5.96 Å². The summed E-state index contributed by atoms with van der Waals surface area (Å²) in [6.45, 7) is 1.01. The number of benzene rings is 2. The van der Waals surface area contributed by atoms with E-state index in [1.165, 1.54) is 11.6 Å². The molecule has 0 amide bonds. The maximum Gasteiger partial charge on any atom is 0.193 e. The highest BCUT2D eigenvalue weighted by molar-refractivity contribution is 5.79. The highest BCUT2D eigenvalue weighted by atomic mass is 19.1. The van der Waals surface area contributed by atoms with Crippen LogP contribution in [0.3, 0.4) is 0 Å². The summed E-state index contributed by atoms with van der Waals surface area (Å²) in [7, 11) is 3.62. The molecule has 2 aromatic carbocycles. The SMILES string of the molecule is CN=C(NCc1ccc(C#N)cc1F)N(C)Cc1ccccc1. The van der Waals surface area contributed by atoms with Gasteiger partial charge in [-0.05, 0) is 17.7 Å². The number of hydrogen-bond donors (Lipinski definition) is 1. The Hall–Kier alpha value is -2.87. The predicted octanol–water partition coefficient (Wildman–Crippen LogP) is 2.90. The summed E-state index contributed by atoms with van der Waals surface area (Å²) in [5.74, 6) is 0.287. The summed E-state index contributed by atoms with van der Waals surface area (Å²) in [6.07, 6.45) is 0. The lowest BCUT2D eigenvalue weighted by Gasteiger charge is -2.22. The zero-order chi connectivity index (χ0) is 16.7. The largest absolute Gasteiger partial charge is 0.352 e. The molecule has 0 heterocycles. The molecule has 118 valence electrons. The van der Waals surface area contributed by atoms with Crippen LogP contribution in [-0.2, 0) is 13.1 Å². The molecule has 1 N–H and O–H groups in total. The average molecular weight is 310 g/mol. The Morgan fingerprint density at radius 1 is 1.26 bits per heavy atom. The third kappa shape index (κ3) is 4.55. The minimum absolute atomic E-state index is 0.309. The first-order chi connectivity index (χ1) is 11.1. The molecule has 2 aromatic rings. The van der Waals surface area contributed by atoms with Crippen molar-refractivity contribution in [2.24, 2.45) is 4.99 Å². The van der Waals surface area contributed by atoms with E-state index >= 15 is 0 Å². The van der Waals surface area contributed by atoms with Gasteiger partial charge in [0.2, 0.25) is 0 Å². The van der Waals surface area contributed by atoms with Crippen LogP contribution in [0.1, 0.15) is 16.7 Å². The number of nitriles is 1. The van der Waals surface area contributed by atoms with E-state index in [1.807, 2.05) is 48.3 Å². The molecule has 0 saturated heterocycles. The Balaban J connectivity index is 1.99. The molecule has 0 radical (unpaired) electrons. The van der Waals surface area contributed by atoms with E-state index in [1.54, 1.807) is 19.2 Å². The third-order valence-corrected chi connectivity index (χ3v) is 3.46. The maximum atomic E-state index is 13.9. The van der Waals surface area contributed by atoms with Crippen LogP contribution in [0.15, 0.2) is 53.5 Å². The highest BCUT2D eigenvalue weighted by Crippen LogP contribution is 2.10. The lowest BCUT2D eigenvalue weighted by atomic mass is 10.1. The van der Waals surface area contributed by atoms with E-state index < -0.39 is 5.82 Å². The summed E-state index contributed by atoms with van der Waals surface area (Å²) in [5.41, 5.74) is 1.98. The molecule has 0 aliphatic rings. The van der Waals surface area contributed by atoms with Crippen LogP contribution in [0.2, 0.25) is 0 Å². The quantitative estimate of drug-likeness (QED) is 0.698. The standard InChI is InChI=1S/C18H19FN4/c1-21-18(23(2)13-14-6-4-3-5-7-14)22-12-16-9-8-15(11-20)10-17(16)19/h3-10H,12-13H2,1-2H3,(H,21,22). The van der Waals surface area contributed by atoms with Crippen molar-refractivity contribution in [3.63, 3.8) is 0 Å². The van der Waals surface area contributed by atoms with Gasteiger partial charge in [0, 0.05) is 32.7 Å². The molecule has 0 fully saturated rings. The maximum absolute atomic E-state index is 13.9. The lowest BCUT2D eigenvalue weighted by Crippen LogP contribution is -2.38. The van der Waals surface area contributed by atoms with Crippen molar-refractivity contribution < 1.29 is 4.39 Å². The minimum Gasteiger partial charge on any atom is -0.352 e. The number of halogens is 1. The van der Waals surface area contributed by atoms with Crippen molar-refractivity contribution in [2.45, 2.75) is 13.1 Å². The molecule has 0 aliphatic heterocycles. The fraction of sp³-hybridized carbons (Fsp3) is 0.222. The van der Waals surface area contributed by atoms with Crippen molar-refractivity contribution in [1.29, 1.82) is 5.26 Å². The molecule has 2 rings (SSSR count). The molecule has 0 saturated carbocycles. The highest BCUT2D eigenvalue weighted by Gasteiger charge is 2.08. The summed E-state index contributed by atoms with van der Waals surface area (Å²) in [6, 6.07) is 16.4. The molecular formula is C18H19FN4. The van der Waals surface area contributed by atoms with E-state index in [-0.39, 0.29) is 0 Å². The van der Waals surface area contributed by atoms with Gasteiger partial charge in [-0.25, -0.2) is 4.39 Å². The van der Waals surface area contributed by atoms with Crippen LogP contribution in [0, 0.1) is 17.1 Å². The van der Waals surface area contributed by atoms with Gasteiger partial charge < -0.3 is 10.2 Å². The molecule has 4 nitrogen and oxygen atoms in total. The molecule has 0 aliphatic carbocycles. The van der Waals surface area contributed by atoms with Gasteiger partial charge in [0.25, 0.3) is 0 Å². The topological polar surface area (TPSA) is 51.4 Å².